The summed E-state index contributed by atoms with van der Waals surface area (Å²) in [5, 5.41) is 10.9. The van der Waals surface area contributed by atoms with E-state index in [1.54, 1.807) is 29.2 Å². The molecule has 1 amide bonds. The van der Waals surface area contributed by atoms with Gasteiger partial charge in [0.15, 0.2) is 0 Å². The maximum absolute atomic E-state index is 12.8. The lowest BCUT2D eigenvalue weighted by molar-refractivity contribution is -0.384. The summed E-state index contributed by atoms with van der Waals surface area (Å²) in [7, 11) is 0. The number of benzene rings is 2. The van der Waals surface area contributed by atoms with E-state index in [-0.39, 0.29) is 11.6 Å². The van der Waals surface area contributed by atoms with E-state index in [1.165, 1.54) is 23.9 Å². The minimum absolute atomic E-state index is 0.0144. The van der Waals surface area contributed by atoms with Crippen LogP contribution >= 0.6 is 39.9 Å². The molecule has 0 unspecified atom stereocenters. The molecule has 0 bridgehead atoms. The quantitative estimate of drug-likeness (QED) is 0.184. The molecule has 9 heteroatoms. The smallest absolute Gasteiger partial charge is 0.270 e. The van der Waals surface area contributed by atoms with Crippen LogP contribution in [0.2, 0.25) is 0 Å². The summed E-state index contributed by atoms with van der Waals surface area (Å²) < 4.78 is 6.89. The average Bonchev–Trinajstić information content (AvgIpc) is 3.29. The number of carbonyl (C=O) groups excluding carboxylic acids is 1. The Labute approximate surface area is 189 Å². The molecule has 4 rings (SSSR count). The second-order valence-electron chi connectivity index (χ2n) is 6.38. The van der Waals surface area contributed by atoms with Crippen LogP contribution in [0, 0.1) is 10.1 Å². The van der Waals surface area contributed by atoms with Crippen molar-refractivity contribution in [1.82, 2.24) is 4.90 Å². The molecule has 0 spiro atoms. The Bertz CT molecular complexity index is 1190. The standard InChI is InChI=1S/C21H13BrN2O4S2/c22-17-10-14(24(26)27)6-8-16(17)18-9-7-15(28-18)11-19-20(25)23(21(29)30-19)12-13-4-2-1-3-5-13/h1-11H,12H2/b19-11+. The molecule has 0 radical (unpaired) electrons. The highest BCUT2D eigenvalue weighted by Gasteiger charge is 2.32. The predicted octanol–water partition coefficient (Wildman–Crippen LogP) is 6.02. The number of hydrogen-bond acceptors (Lipinski definition) is 6. The maximum atomic E-state index is 12.8. The first kappa shape index (κ1) is 20.5. The molecule has 2 heterocycles. The summed E-state index contributed by atoms with van der Waals surface area (Å²) in [5.74, 6) is 0.863. The van der Waals surface area contributed by atoms with Crippen LogP contribution in [0.3, 0.4) is 0 Å². The van der Waals surface area contributed by atoms with Crippen molar-refractivity contribution in [3.8, 4) is 11.3 Å². The molecule has 3 aromatic rings. The van der Waals surface area contributed by atoms with Gasteiger partial charge in [0.05, 0.1) is 16.4 Å². The zero-order valence-electron chi connectivity index (χ0n) is 15.3. The average molecular weight is 501 g/mol. The molecule has 0 aliphatic carbocycles. The highest BCUT2D eigenvalue weighted by atomic mass is 79.9. The molecule has 0 saturated carbocycles. The number of hydrogen-bond donors (Lipinski definition) is 0. The molecule has 1 saturated heterocycles. The maximum Gasteiger partial charge on any atom is 0.270 e. The lowest BCUT2D eigenvalue weighted by atomic mass is 10.1. The Hall–Kier alpha value is -2.75. The number of nitrogens with zero attached hydrogens (tertiary/aromatic N) is 2. The van der Waals surface area contributed by atoms with E-state index in [1.807, 2.05) is 30.3 Å². The van der Waals surface area contributed by atoms with Gasteiger partial charge in [0.2, 0.25) is 0 Å². The Kier molecular flexibility index (Phi) is 5.85. The Balaban J connectivity index is 1.55. The first-order valence-electron chi connectivity index (χ1n) is 8.76. The normalized spacial score (nSPS) is 15.2. The van der Waals surface area contributed by atoms with Gasteiger partial charge in [-0.25, -0.2) is 0 Å². The molecule has 0 N–H and O–H groups in total. The van der Waals surface area contributed by atoms with Crippen molar-refractivity contribution in [3.05, 3.63) is 91.5 Å². The van der Waals surface area contributed by atoms with E-state index < -0.39 is 4.92 Å². The van der Waals surface area contributed by atoms with Gasteiger partial charge in [-0.1, -0.05) is 54.3 Å². The van der Waals surface area contributed by atoms with Gasteiger partial charge in [0.25, 0.3) is 11.6 Å². The first-order valence-corrected chi connectivity index (χ1v) is 10.8. The number of non-ortho nitro benzene ring substituents is 1. The van der Waals surface area contributed by atoms with Crippen molar-refractivity contribution in [2.24, 2.45) is 0 Å². The third-order valence-electron chi connectivity index (χ3n) is 4.39. The number of nitro groups is 1. The Morgan fingerprint density at radius 1 is 1.17 bits per heavy atom. The molecule has 6 nitrogen and oxygen atoms in total. The van der Waals surface area contributed by atoms with Gasteiger partial charge in [-0.15, -0.1) is 0 Å². The molecule has 150 valence electrons. The van der Waals surface area contributed by atoms with Crippen LogP contribution in [-0.4, -0.2) is 20.1 Å². The van der Waals surface area contributed by atoms with E-state index in [2.05, 4.69) is 15.9 Å². The zero-order valence-corrected chi connectivity index (χ0v) is 18.5. The summed E-state index contributed by atoms with van der Waals surface area (Å²) in [6, 6.07) is 17.6. The number of furan rings is 1. The highest BCUT2D eigenvalue weighted by molar-refractivity contribution is 9.10. The molecule has 2 aromatic carbocycles. The van der Waals surface area contributed by atoms with Gasteiger partial charge in [-0.3, -0.25) is 19.8 Å². The lowest BCUT2D eigenvalue weighted by Gasteiger charge is -2.14. The minimum atomic E-state index is -0.459. The van der Waals surface area contributed by atoms with Crippen LogP contribution in [0.15, 0.2) is 74.5 Å². The summed E-state index contributed by atoms with van der Waals surface area (Å²) in [6.45, 7) is 0.419. The van der Waals surface area contributed by atoms with Crippen molar-refractivity contribution in [2.45, 2.75) is 6.54 Å². The van der Waals surface area contributed by atoms with Crippen LogP contribution in [0.1, 0.15) is 11.3 Å². The fourth-order valence-corrected chi connectivity index (χ4v) is 4.72. The van der Waals surface area contributed by atoms with E-state index in [9.17, 15) is 14.9 Å². The fourth-order valence-electron chi connectivity index (χ4n) is 2.92. The molecule has 1 aliphatic rings. The molecule has 30 heavy (non-hydrogen) atoms. The van der Waals surface area contributed by atoms with Crippen molar-refractivity contribution < 1.29 is 14.1 Å². The number of thioether (sulfide) groups is 1. The largest absolute Gasteiger partial charge is 0.457 e. The molecular formula is C21H13BrN2O4S2. The van der Waals surface area contributed by atoms with Gasteiger partial charge < -0.3 is 4.42 Å². The zero-order chi connectivity index (χ0) is 21.3. The molecule has 1 fully saturated rings. The summed E-state index contributed by atoms with van der Waals surface area (Å²) >= 11 is 9.96. The van der Waals surface area contributed by atoms with Crippen LogP contribution in [0.5, 0.6) is 0 Å². The SMILES string of the molecule is O=C1/C(=C\c2ccc(-c3ccc([N+](=O)[O-])cc3Br)o2)SC(=S)N1Cc1ccccc1. The van der Waals surface area contributed by atoms with E-state index in [0.29, 0.717) is 37.3 Å². The minimum Gasteiger partial charge on any atom is -0.457 e. The fraction of sp³-hybridized carbons (Fsp3) is 0.0476. The number of rotatable bonds is 5. The number of carbonyl (C=O) groups is 1. The number of nitro benzene ring substituents is 1. The van der Waals surface area contributed by atoms with Gasteiger partial charge in [0, 0.05) is 28.2 Å². The molecule has 1 aromatic heterocycles. The van der Waals surface area contributed by atoms with Gasteiger partial charge in [0.1, 0.15) is 15.8 Å². The van der Waals surface area contributed by atoms with E-state index in [0.717, 1.165) is 5.56 Å². The third kappa shape index (κ3) is 4.23. The van der Waals surface area contributed by atoms with Gasteiger partial charge >= 0.3 is 0 Å². The summed E-state index contributed by atoms with van der Waals surface area (Å²) in [6.07, 6.45) is 1.66. The van der Waals surface area contributed by atoms with Crippen LogP contribution in [0.4, 0.5) is 5.69 Å². The Morgan fingerprint density at radius 2 is 1.93 bits per heavy atom. The van der Waals surface area contributed by atoms with Crippen molar-refractivity contribution in [1.29, 1.82) is 0 Å². The van der Waals surface area contributed by atoms with Crippen molar-refractivity contribution in [2.75, 3.05) is 0 Å². The highest BCUT2D eigenvalue weighted by Crippen LogP contribution is 2.36. The third-order valence-corrected chi connectivity index (χ3v) is 6.42. The van der Waals surface area contributed by atoms with E-state index >= 15 is 0 Å². The van der Waals surface area contributed by atoms with Gasteiger partial charge in [-0.2, -0.15) is 0 Å². The van der Waals surface area contributed by atoms with E-state index in [4.69, 9.17) is 16.6 Å². The number of amides is 1. The first-order chi connectivity index (χ1) is 14.4. The number of thiocarbonyl (C=S) groups is 1. The Morgan fingerprint density at radius 3 is 2.63 bits per heavy atom. The predicted molar refractivity (Wildman–Crippen MR) is 124 cm³/mol. The monoisotopic (exact) mass is 500 g/mol. The van der Waals surface area contributed by atoms with Crippen molar-refractivity contribution in [3.63, 3.8) is 0 Å². The summed E-state index contributed by atoms with van der Waals surface area (Å²) in [5.41, 5.74) is 1.66. The second-order valence-corrected chi connectivity index (χ2v) is 8.91. The van der Waals surface area contributed by atoms with Crippen LogP contribution in [-0.2, 0) is 11.3 Å². The molecule has 1 aliphatic heterocycles. The second kappa shape index (κ2) is 8.55. The van der Waals surface area contributed by atoms with Crippen LogP contribution in [0.25, 0.3) is 17.4 Å². The topological polar surface area (TPSA) is 76.6 Å². The van der Waals surface area contributed by atoms with Crippen LogP contribution < -0.4 is 0 Å². The molecular weight excluding hydrogens is 488 g/mol. The number of halogens is 1. The lowest BCUT2D eigenvalue weighted by Crippen LogP contribution is -2.27. The van der Waals surface area contributed by atoms with Crippen molar-refractivity contribution >= 4 is 61.9 Å². The summed E-state index contributed by atoms with van der Waals surface area (Å²) in [4.78, 5) is 25.3. The molecule has 0 atom stereocenters. The van der Waals surface area contributed by atoms with Gasteiger partial charge in [-0.05, 0) is 39.7 Å².